The van der Waals surface area contributed by atoms with E-state index in [0.717, 1.165) is 55.6 Å². The van der Waals surface area contributed by atoms with E-state index in [-0.39, 0.29) is 5.56 Å². The molecule has 0 aliphatic carbocycles. The number of halogens is 2. The summed E-state index contributed by atoms with van der Waals surface area (Å²) in [6.07, 6.45) is 3.92. The highest BCUT2D eigenvalue weighted by atomic mass is 35.5. The van der Waals surface area contributed by atoms with Crippen LogP contribution >= 0.6 is 23.2 Å². The Morgan fingerprint density at radius 2 is 1.79 bits per heavy atom. The number of fused-ring (bicyclic) bond motifs is 1. The predicted molar refractivity (Wildman–Crippen MR) is 119 cm³/mol. The summed E-state index contributed by atoms with van der Waals surface area (Å²) in [4.78, 5) is 19.1. The fourth-order valence-corrected chi connectivity index (χ4v) is 4.50. The highest BCUT2D eigenvalue weighted by molar-refractivity contribution is 6.34. The number of nitrogens with zero attached hydrogens (tertiary/aromatic N) is 3. The zero-order valence-electron chi connectivity index (χ0n) is 16.2. The lowest BCUT2D eigenvalue weighted by atomic mass is 10.0. The van der Waals surface area contributed by atoms with Crippen LogP contribution in [0.1, 0.15) is 18.4 Å². The molecule has 3 aromatic rings. The number of nitrogens with one attached hydrogen (secondary N) is 1. The van der Waals surface area contributed by atoms with E-state index in [2.05, 4.69) is 15.2 Å². The van der Waals surface area contributed by atoms with Crippen molar-refractivity contribution >= 4 is 34.2 Å². The van der Waals surface area contributed by atoms with Gasteiger partial charge in [0.05, 0.1) is 11.0 Å². The van der Waals surface area contributed by atoms with Crippen LogP contribution in [0.15, 0.2) is 53.5 Å². The van der Waals surface area contributed by atoms with Crippen LogP contribution in [-0.2, 0) is 13.1 Å². The van der Waals surface area contributed by atoms with Crippen LogP contribution in [0, 0.1) is 0 Å². The minimum absolute atomic E-state index is 0.0298. The molecule has 3 heterocycles. The van der Waals surface area contributed by atoms with E-state index in [9.17, 15) is 4.79 Å². The molecule has 5 nitrogen and oxygen atoms in total. The van der Waals surface area contributed by atoms with Crippen molar-refractivity contribution in [1.82, 2.24) is 19.8 Å². The Morgan fingerprint density at radius 3 is 2.55 bits per heavy atom. The predicted octanol–water partition coefficient (Wildman–Crippen LogP) is 3.96. The third-order valence-electron chi connectivity index (χ3n) is 5.50. The number of rotatable bonds is 6. The van der Waals surface area contributed by atoms with Crippen LogP contribution in [0.4, 0.5) is 0 Å². The summed E-state index contributed by atoms with van der Waals surface area (Å²) >= 11 is 12.2. The number of aromatic nitrogens is 2. The van der Waals surface area contributed by atoms with Crippen LogP contribution in [0.25, 0.3) is 11.0 Å². The van der Waals surface area contributed by atoms with E-state index in [1.807, 2.05) is 28.8 Å². The average Bonchev–Trinajstić information content (AvgIpc) is 2.72. The molecule has 1 aliphatic rings. The fourth-order valence-electron chi connectivity index (χ4n) is 3.93. The van der Waals surface area contributed by atoms with Gasteiger partial charge in [0, 0.05) is 48.0 Å². The van der Waals surface area contributed by atoms with Gasteiger partial charge in [-0.25, -0.2) is 0 Å². The van der Waals surface area contributed by atoms with E-state index in [1.54, 1.807) is 24.4 Å². The summed E-state index contributed by atoms with van der Waals surface area (Å²) in [6.45, 7) is 4.35. The SMILES string of the molecule is O=c1ccc2ncccc2n1CCN1CCC(NCc2cc(Cl)cc(Cl)c2)CC1. The molecule has 1 N–H and O–H groups in total. The number of likely N-dealkylation sites (tertiary alicyclic amines) is 1. The maximum atomic E-state index is 12.3. The molecule has 0 atom stereocenters. The van der Waals surface area contributed by atoms with Gasteiger partial charge in [-0.3, -0.25) is 9.78 Å². The largest absolute Gasteiger partial charge is 0.310 e. The second-order valence-electron chi connectivity index (χ2n) is 7.51. The third kappa shape index (κ3) is 5.17. The van der Waals surface area contributed by atoms with Crippen molar-refractivity contribution in [2.45, 2.75) is 32.0 Å². The Labute approximate surface area is 180 Å². The van der Waals surface area contributed by atoms with Crippen molar-refractivity contribution in [3.63, 3.8) is 0 Å². The molecule has 0 radical (unpaired) electrons. The molecule has 152 valence electrons. The van der Waals surface area contributed by atoms with Gasteiger partial charge in [0.2, 0.25) is 0 Å². The van der Waals surface area contributed by atoms with Crippen LogP contribution in [0.2, 0.25) is 10.0 Å². The summed E-state index contributed by atoms with van der Waals surface area (Å²) in [5.41, 5.74) is 2.89. The standard InChI is InChI=1S/C22H24Cl2N4O/c23-17-12-16(13-18(24)14-17)15-26-19-5-8-27(9-6-19)10-11-28-21-2-1-7-25-20(21)3-4-22(28)29/h1-4,7,12-14,19,26H,5-6,8-11,15H2. The molecule has 4 rings (SSSR count). The van der Waals surface area contributed by atoms with E-state index in [4.69, 9.17) is 23.2 Å². The molecule has 1 aromatic carbocycles. The minimum Gasteiger partial charge on any atom is -0.310 e. The molecule has 1 saturated heterocycles. The first-order valence-electron chi connectivity index (χ1n) is 9.94. The number of pyridine rings is 2. The third-order valence-corrected chi connectivity index (χ3v) is 5.94. The number of hydrogen-bond donors (Lipinski definition) is 1. The molecular formula is C22H24Cl2N4O. The molecule has 1 fully saturated rings. The Balaban J connectivity index is 1.28. The Bertz CT molecular complexity index is 1020. The quantitative estimate of drug-likeness (QED) is 0.642. The number of hydrogen-bond acceptors (Lipinski definition) is 4. The summed E-state index contributed by atoms with van der Waals surface area (Å²) in [6, 6.07) is 13.4. The average molecular weight is 431 g/mol. The van der Waals surface area contributed by atoms with Gasteiger partial charge in [0.1, 0.15) is 0 Å². The fraction of sp³-hybridized carbons (Fsp3) is 0.364. The van der Waals surface area contributed by atoms with Crippen LogP contribution in [0.5, 0.6) is 0 Å². The molecule has 29 heavy (non-hydrogen) atoms. The smallest absolute Gasteiger partial charge is 0.251 e. The summed E-state index contributed by atoms with van der Waals surface area (Å²) in [5, 5.41) is 4.95. The highest BCUT2D eigenvalue weighted by Gasteiger charge is 2.19. The normalized spacial score (nSPS) is 15.8. The molecule has 0 amide bonds. The lowest BCUT2D eigenvalue weighted by Gasteiger charge is -2.32. The lowest BCUT2D eigenvalue weighted by Crippen LogP contribution is -2.43. The van der Waals surface area contributed by atoms with Crippen LogP contribution in [-0.4, -0.2) is 40.1 Å². The van der Waals surface area contributed by atoms with Gasteiger partial charge in [-0.15, -0.1) is 0 Å². The van der Waals surface area contributed by atoms with Gasteiger partial charge in [-0.1, -0.05) is 23.2 Å². The van der Waals surface area contributed by atoms with Gasteiger partial charge in [0.15, 0.2) is 0 Å². The first kappa shape index (κ1) is 20.4. The first-order valence-corrected chi connectivity index (χ1v) is 10.7. The van der Waals surface area contributed by atoms with Gasteiger partial charge in [0.25, 0.3) is 5.56 Å². The zero-order chi connectivity index (χ0) is 20.2. The second-order valence-corrected chi connectivity index (χ2v) is 8.38. The summed E-state index contributed by atoms with van der Waals surface area (Å²) < 4.78 is 1.83. The minimum atomic E-state index is 0.0298. The summed E-state index contributed by atoms with van der Waals surface area (Å²) in [7, 11) is 0. The molecule has 0 saturated carbocycles. The van der Waals surface area contributed by atoms with E-state index in [0.29, 0.717) is 22.6 Å². The van der Waals surface area contributed by atoms with Crippen molar-refractivity contribution in [3.05, 3.63) is 74.6 Å². The van der Waals surface area contributed by atoms with Crippen molar-refractivity contribution in [2.75, 3.05) is 19.6 Å². The highest BCUT2D eigenvalue weighted by Crippen LogP contribution is 2.19. The maximum absolute atomic E-state index is 12.3. The first-order chi connectivity index (χ1) is 14.1. The lowest BCUT2D eigenvalue weighted by molar-refractivity contribution is 0.191. The molecule has 0 spiro atoms. The van der Waals surface area contributed by atoms with Crippen LogP contribution in [0.3, 0.4) is 0 Å². The van der Waals surface area contributed by atoms with E-state index in [1.165, 1.54) is 0 Å². The van der Waals surface area contributed by atoms with E-state index < -0.39 is 0 Å². The zero-order valence-corrected chi connectivity index (χ0v) is 17.7. The maximum Gasteiger partial charge on any atom is 0.251 e. The summed E-state index contributed by atoms with van der Waals surface area (Å²) in [5.74, 6) is 0. The number of piperidine rings is 1. The molecule has 1 aliphatic heterocycles. The second kappa shape index (κ2) is 9.26. The number of benzene rings is 1. The topological polar surface area (TPSA) is 50.2 Å². The van der Waals surface area contributed by atoms with E-state index >= 15 is 0 Å². The van der Waals surface area contributed by atoms with Gasteiger partial charge in [-0.05, 0) is 67.9 Å². The Morgan fingerprint density at radius 1 is 1.03 bits per heavy atom. The van der Waals surface area contributed by atoms with Gasteiger partial charge >= 0.3 is 0 Å². The van der Waals surface area contributed by atoms with Gasteiger partial charge < -0.3 is 14.8 Å². The van der Waals surface area contributed by atoms with Crippen molar-refractivity contribution in [1.29, 1.82) is 0 Å². The monoisotopic (exact) mass is 430 g/mol. The Kier molecular flexibility index (Phi) is 6.50. The van der Waals surface area contributed by atoms with Crippen molar-refractivity contribution in [2.24, 2.45) is 0 Å². The van der Waals surface area contributed by atoms with Crippen molar-refractivity contribution < 1.29 is 0 Å². The molecule has 2 aromatic heterocycles. The Hall–Kier alpha value is -1.92. The molecule has 0 bridgehead atoms. The molecular weight excluding hydrogens is 407 g/mol. The van der Waals surface area contributed by atoms with Crippen LogP contribution < -0.4 is 10.9 Å². The molecule has 0 unspecified atom stereocenters. The molecule has 7 heteroatoms. The van der Waals surface area contributed by atoms with Crippen molar-refractivity contribution in [3.8, 4) is 0 Å². The van der Waals surface area contributed by atoms with Gasteiger partial charge in [-0.2, -0.15) is 0 Å².